The van der Waals surface area contributed by atoms with E-state index in [4.69, 9.17) is 9.47 Å². The van der Waals surface area contributed by atoms with Crippen molar-refractivity contribution in [3.05, 3.63) is 23.9 Å². The van der Waals surface area contributed by atoms with Crippen LogP contribution in [-0.2, 0) is 15.7 Å². The van der Waals surface area contributed by atoms with Crippen LogP contribution < -0.4 is 10.1 Å². The zero-order valence-corrected chi connectivity index (χ0v) is 13.4. The van der Waals surface area contributed by atoms with Gasteiger partial charge >= 0.3 is 6.18 Å². The van der Waals surface area contributed by atoms with Crippen molar-refractivity contribution in [2.45, 2.75) is 25.9 Å². The molecule has 1 aliphatic heterocycles. The number of alkyl halides is 3. The van der Waals surface area contributed by atoms with E-state index in [1.54, 1.807) is 0 Å². The van der Waals surface area contributed by atoms with E-state index < -0.39 is 17.6 Å². The molecule has 1 saturated heterocycles. The Kier molecular flexibility index (Phi) is 6.42. The maximum Gasteiger partial charge on any atom is 0.421 e. The lowest BCUT2D eigenvalue weighted by Gasteiger charge is -2.26. The van der Waals surface area contributed by atoms with Gasteiger partial charge in [-0.15, -0.1) is 0 Å². The number of aromatic nitrogens is 1. The highest BCUT2D eigenvalue weighted by atomic mass is 19.4. The maximum absolute atomic E-state index is 12.8. The molecule has 1 N–H and O–H groups in total. The van der Waals surface area contributed by atoms with Gasteiger partial charge in [0.2, 0.25) is 11.8 Å². The van der Waals surface area contributed by atoms with Gasteiger partial charge in [0.15, 0.2) is 0 Å². The molecule has 1 aliphatic rings. The molecule has 1 fully saturated rings. The van der Waals surface area contributed by atoms with Crippen LogP contribution in [0.25, 0.3) is 0 Å². The number of carbonyl (C=O) groups is 1. The van der Waals surface area contributed by atoms with Crippen LogP contribution in [0.3, 0.4) is 0 Å². The summed E-state index contributed by atoms with van der Waals surface area (Å²) in [5.41, 5.74) is -0.924. The summed E-state index contributed by atoms with van der Waals surface area (Å²) < 4.78 is 48.7. The lowest BCUT2D eigenvalue weighted by molar-refractivity contribution is -0.139. The zero-order chi connectivity index (χ0) is 17.6. The van der Waals surface area contributed by atoms with Crippen molar-refractivity contribution >= 4 is 5.91 Å². The zero-order valence-electron chi connectivity index (χ0n) is 13.4. The third-order valence-corrected chi connectivity index (χ3v) is 4.10. The molecule has 8 heteroatoms. The third-order valence-electron chi connectivity index (χ3n) is 4.10. The van der Waals surface area contributed by atoms with Crippen molar-refractivity contribution in [3.63, 3.8) is 0 Å². The predicted octanol–water partition coefficient (Wildman–Crippen LogP) is 2.66. The van der Waals surface area contributed by atoms with Gasteiger partial charge in [0.25, 0.3) is 0 Å². The van der Waals surface area contributed by atoms with Gasteiger partial charge in [-0.05, 0) is 30.9 Å². The van der Waals surface area contributed by atoms with Crippen LogP contribution in [-0.4, -0.2) is 37.3 Å². The monoisotopic (exact) mass is 346 g/mol. The third kappa shape index (κ3) is 5.09. The van der Waals surface area contributed by atoms with Crippen LogP contribution in [0, 0.1) is 11.8 Å². The molecule has 2 rings (SSSR count). The molecule has 5 nitrogen and oxygen atoms in total. The Bertz CT molecular complexity index is 546. The van der Waals surface area contributed by atoms with Gasteiger partial charge in [-0.3, -0.25) is 4.79 Å². The van der Waals surface area contributed by atoms with E-state index in [1.807, 2.05) is 6.92 Å². The van der Waals surface area contributed by atoms with Crippen molar-refractivity contribution < 1.29 is 27.4 Å². The Morgan fingerprint density at radius 3 is 2.83 bits per heavy atom. The molecule has 0 aromatic carbocycles. The smallest absolute Gasteiger partial charge is 0.421 e. The minimum Gasteiger partial charge on any atom is -0.475 e. The van der Waals surface area contributed by atoms with E-state index in [2.05, 4.69) is 10.3 Å². The van der Waals surface area contributed by atoms with Crippen LogP contribution in [0.5, 0.6) is 5.88 Å². The Labute approximate surface area is 138 Å². The molecular weight excluding hydrogens is 325 g/mol. The molecule has 0 aliphatic carbocycles. The fraction of sp³-hybridized carbons (Fsp3) is 0.625. The minimum absolute atomic E-state index is 0.0771. The van der Waals surface area contributed by atoms with Gasteiger partial charge in [0.1, 0.15) is 12.2 Å². The largest absolute Gasteiger partial charge is 0.475 e. The fourth-order valence-corrected chi connectivity index (χ4v) is 2.63. The molecule has 0 unspecified atom stereocenters. The van der Waals surface area contributed by atoms with Crippen LogP contribution in [0.1, 0.15) is 25.3 Å². The van der Waals surface area contributed by atoms with Crippen molar-refractivity contribution in [1.82, 2.24) is 10.3 Å². The number of hydrogen-bond acceptors (Lipinski definition) is 4. The number of rotatable bonds is 6. The lowest BCUT2D eigenvalue weighted by atomic mass is 9.87. The molecule has 0 spiro atoms. The SMILES string of the molecule is C[C@@H](C(=O)NCCOc1ncccc1C(F)(F)F)C1CCOCC1. The maximum atomic E-state index is 12.8. The molecule has 0 bridgehead atoms. The second-order valence-corrected chi connectivity index (χ2v) is 5.73. The molecule has 2 heterocycles. The predicted molar refractivity (Wildman–Crippen MR) is 80.5 cm³/mol. The molecule has 134 valence electrons. The van der Waals surface area contributed by atoms with E-state index in [0.29, 0.717) is 13.2 Å². The van der Waals surface area contributed by atoms with Gasteiger partial charge in [0, 0.05) is 25.3 Å². The highest BCUT2D eigenvalue weighted by Gasteiger charge is 2.35. The van der Waals surface area contributed by atoms with E-state index in [0.717, 1.165) is 18.9 Å². The van der Waals surface area contributed by atoms with Gasteiger partial charge in [-0.2, -0.15) is 13.2 Å². The van der Waals surface area contributed by atoms with Gasteiger partial charge in [-0.25, -0.2) is 4.98 Å². The molecule has 1 aromatic heterocycles. The number of ether oxygens (including phenoxy) is 2. The number of hydrogen-bond donors (Lipinski definition) is 1. The number of nitrogens with one attached hydrogen (secondary N) is 1. The van der Waals surface area contributed by atoms with E-state index in [9.17, 15) is 18.0 Å². The average Bonchev–Trinajstić information content (AvgIpc) is 2.58. The quantitative estimate of drug-likeness (QED) is 0.805. The van der Waals surface area contributed by atoms with Crippen molar-refractivity contribution in [3.8, 4) is 5.88 Å². The molecule has 0 radical (unpaired) electrons. The van der Waals surface area contributed by atoms with Gasteiger partial charge in [-0.1, -0.05) is 6.92 Å². The fourth-order valence-electron chi connectivity index (χ4n) is 2.63. The van der Waals surface area contributed by atoms with Crippen LogP contribution in [0.15, 0.2) is 18.3 Å². The highest BCUT2D eigenvalue weighted by molar-refractivity contribution is 5.78. The molecule has 1 amide bonds. The lowest BCUT2D eigenvalue weighted by Crippen LogP contribution is -2.37. The summed E-state index contributed by atoms with van der Waals surface area (Å²) in [5, 5.41) is 2.69. The summed E-state index contributed by atoms with van der Waals surface area (Å²) in [6, 6.07) is 2.11. The van der Waals surface area contributed by atoms with Gasteiger partial charge in [0.05, 0.1) is 6.54 Å². The van der Waals surface area contributed by atoms with E-state index in [1.165, 1.54) is 12.3 Å². The highest BCUT2D eigenvalue weighted by Crippen LogP contribution is 2.34. The number of amides is 1. The number of carbonyl (C=O) groups excluding carboxylic acids is 1. The summed E-state index contributed by atoms with van der Waals surface area (Å²) in [7, 11) is 0. The molecule has 0 saturated carbocycles. The molecule has 24 heavy (non-hydrogen) atoms. The minimum atomic E-state index is -4.52. The summed E-state index contributed by atoms with van der Waals surface area (Å²) in [6.07, 6.45) is -1.61. The van der Waals surface area contributed by atoms with Crippen molar-refractivity contribution in [2.75, 3.05) is 26.4 Å². The first-order valence-electron chi connectivity index (χ1n) is 7.90. The van der Waals surface area contributed by atoms with Crippen LogP contribution in [0.4, 0.5) is 13.2 Å². The van der Waals surface area contributed by atoms with E-state index in [-0.39, 0.29) is 30.9 Å². The summed E-state index contributed by atoms with van der Waals surface area (Å²) in [4.78, 5) is 15.7. The second-order valence-electron chi connectivity index (χ2n) is 5.73. The first kappa shape index (κ1) is 18.5. The average molecular weight is 346 g/mol. The first-order valence-corrected chi connectivity index (χ1v) is 7.90. The number of halogens is 3. The first-order chi connectivity index (χ1) is 11.4. The Balaban J connectivity index is 1.78. The molecular formula is C16H21F3N2O3. The number of nitrogens with zero attached hydrogens (tertiary/aromatic N) is 1. The Morgan fingerprint density at radius 1 is 1.46 bits per heavy atom. The molecule has 1 atom stereocenters. The van der Waals surface area contributed by atoms with Crippen LogP contribution in [0.2, 0.25) is 0 Å². The van der Waals surface area contributed by atoms with Gasteiger partial charge < -0.3 is 14.8 Å². The standard InChI is InChI=1S/C16H21F3N2O3/c1-11(12-4-8-23-9-5-12)14(22)20-7-10-24-15-13(16(17,18)19)3-2-6-21-15/h2-3,6,11-12H,4-5,7-10H2,1H3,(H,20,22)/t11-/m1/s1. The number of pyridine rings is 1. The topological polar surface area (TPSA) is 60.5 Å². The van der Waals surface area contributed by atoms with Crippen molar-refractivity contribution in [1.29, 1.82) is 0 Å². The molecule has 1 aromatic rings. The second kappa shape index (κ2) is 8.32. The summed E-state index contributed by atoms with van der Waals surface area (Å²) in [6.45, 7) is 3.22. The van der Waals surface area contributed by atoms with E-state index >= 15 is 0 Å². The Hall–Kier alpha value is -1.83. The van der Waals surface area contributed by atoms with Crippen LogP contribution >= 0.6 is 0 Å². The summed E-state index contributed by atoms with van der Waals surface area (Å²) >= 11 is 0. The Morgan fingerprint density at radius 2 is 2.17 bits per heavy atom. The van der Waals surface area contributed by atoms with Crippen molar-refractivity contribution in [2.24, 2.45) is 11.8 Å². The normalized spacial score (nSPS) is 17.3. The summed E-state index contributed by atoms with van der Waals surface area (Å²) in [5.74, 6) is -0.485.